The molecule has 6 atom stereocenters. The fourth-order valence-electron chi connectivity index (χ4n) is 9.53. The van der Waals surface area contributed by atoms with Crippen LogP contribution < -0.4 is 10.6 Å². The molecule has 2 bridgehead atoms. The number of rotatable bonds is 11. The van der Waals surface area contributed by atoms with Crippen molar-refractivity contribution < 1.29 is 28.7 Å². The third-order valence-electron chi connectivity index (χ3n) is 12.7. The van der Waals surface area contributed by atoms with Crippen LogP contribution in [-0.4, -0.2) is 105 Å². The van der Waals surface area contributed by atoms with Crippen molar-refractivity contribution in [3.63, 3.8) is 0 Å². The first-order valence-corrected chi connectivity index (χ1v) is 21.0. The zero-order valence-corrected chi connectivity index (χ0v) is 35.3. The highest BCUT2D eigenvalue weighted by Gasteiger charge is 2.43. The zero-order valence-electron chi connectivity index (χ0n) is 35.3. The molecule has 0 aliphatic carbocycles. The molecule has 4 amide bonds. The Labute approximate surface area is 350 Å². The van der Waals surface area contributed by atoms with Gasteiger partial charge in [0.2, 0.25) is 11.8 Å². The Bertz CT molecular complexity index is 2300. The van der Waals surface area contributed by atoms with Crippen molar-refractivity contribution in [3.8, 4) is 33.6 Å². The molecule has 2 aromatic carbocycles. The average Bonchev–Trinajstić information content (AvgIpc) is 4.12. The van der Waals surface area contributed by atoms with Gasteiger partial charge in [0.1, 0.15) is 23.7 Å². The molecule has 0 saturated carbocycles. The SMILES string of the molecule is COC(=O)N[C@H](C(=O)N1CCC[C@H]1c1ncc(-c2ccc(-c3ccc(-c4cnc([C@@H]5CCCN5C(=O)[C@@H](NC(=O)OC)C(C)C)[nH]4)c4c3C3C=CC4N3C)cc2)[nH]1)C(C)C. The molecule has 15 nitrogen and oxygen atoms in total. The number of aromatic amines is 2. The molecule has 0 spiro atoms. The number of methoxy groups -OCH3 is 2. The summed E-state index contributed by atoms with van der Waals surface area (Å²) in [7, 11) is 4.75. The normalized spacial score (nSPS) is 21.8. The number of nitrogens with one attached hydrogen (secondary N) is 4. The Morgan fingerprint density at radius 3 is 1.62 bits per heavy atom. The summed E-state index contributed by atoms with van der Waals surface area (Å²) >= 11 is 0. The number of aromatic nitrogens is 4. The maximum absolute atomic E-state index is 13.8. The van der Waals surface area contributed by atoms with Gasteiger partial charge in [-0.15, -0.1) is 0 Å². The standard InChI is InChI=1S/C45H55N9O6/c1-24(2)38(50-44(57)59-6)42(55)53-20-8-10-34(53)40-46-22-30(48-40)27-14-12-26(13-15-27)28-16-17-29(37-33-19-18-32(36(28)37)52(33)5)31-23-47-41(49-31)35-11-9-21-54(35)43(56)39(25(3)4)51-45(58)60-7/h12-19,22-25,32-35,38-39H,8-11,20-21H2,1-7H3,(H,46,48)(H,47,49)(H,50,57)(H,51,58)/t32?,33?,34-,35-,38-,39-/m0/s1. The van der Waals surface area contributed by atoms with E-state index in [1.165, 1.54) is 30.9 Å². The van der Waals surface area contributed by atoms with Crippen molar-refractivity contribution in [2.75, 3.05) is 34.4 Å². The second-order valence-electron chi connectivity index (χ2n) is 17.0. The lowest BCUT2D eigenvalue weighted by molar-refractivity contribution is -0.136. The summed E-state index contributed by atoms with van der Waals surface area (Å²) in [6.07, 6.45) is 10.2. The molecule has 316 valence electrons. The highest BCUT2D eigenvalue weighted by Crippen LogP contribution is 2.54. The summed E-state index contributed by atoms with van der Waals surface area (Å²) in [4.78, 5) is 74.3. The topological polar surface area (TPSA) is 178 Å². The van der Waals surface area contributed by atoms with Crippen LogP contribution in [0, 0.1) is 11.8 Å². The maximum Gasteiger partial charge on any atom is 0.407 e. The molecule has 60 heavy (non-hydrogen) atoms. The molecule has 4 aliphatic rings. The minimum atomic E-state index is -0.700. The van der Waals surface area contributed by atoms with Gasteiger partial charge in [0, 0.05) is 18.7 Å². The summed E-state index contributed by atoms with van der Waals surface area (Å²) in [5.41, 5.74) is 8.63. The lowest BCUT2D eigenvalue weighted by atomic mass is 9.85. The zero-order chi connectivity index (χ0) is 42.4. The molecule has 4 aliphatic heterocycles. The summed E-state index contributed by atoms with van der Waals surface area (Å²) < 4.78 is 9.59. The van der Waals surface area contributed by atoms with Crippen LogP contribution in [-0.2, 0) is 19.1 Å². The monoisotopic (exact) mass is 817 g/mol. The van der Waals surface area contributed by atoms with Crippen molar-refractivity contribution >= 4 is 24.0 Å². The third kappa shape index (κ3) is 7.33. The highest BCUT2D eigenvalue weighted by molar-refractivity contribution is 5.87. The van der Waals surface area contributed by atoms with Gasteiger partial charge in [0.05, 0.1) is 62.2 Å². The van der Waals surface area contributed by atoms with Crippen LogP contribution in [0.25, 0.3) is 33.6 Å². The minimum absolute atomic E-state index is 0.111. The van der Waals surface area contributed by atoms with Gasteiger partial charge in [-0.1, -0.05) is 76.2 Å². The molecule has 2 saturated heterocycles. The van der Waals surface area contributed by atoms with E-state index in [0.29, 0.717) is 13.1 Å². The Morgan fingerprint density at radius 1 is 0.667 bits per heavy atom. The summed E-state index contributed by atoms with van der Waals surface area (Å²) in [5, 5.41) is 5.44. The second kappa shape index (κ2) is 16.6. The van der Waals surface area contributed by atoms with Gasteiger partial charge in [0.25, 0.3) is 0 Å². The summed E-state index contributed by atoms with van der Waals surface area (Å²) in [5.74, 6) is 0.962. The van der Waals surface area contributed by atoms with Gasteiger partial charge >= 0.3 is 12.2 Å². The van der Waals surface area contributed by atoms with E-state index in [-0.39, 0.29) is 47.8 Å². The number of amides is 4. The molecular weight excluding hydrogens is 763 g/mol. The number of alkyl carbamates (subject to hydrolysis) is 2. The molecular formula is C45H55N9O6. The molecule has 15 heteroatoms. The number of ether oxygens (including phenoxy) is 2. The number of likely N-dealkylation sites (N-methyl/N-ethyl adjacent to an activating group) is 1. The Morgan fingerprint density at radius 2 is 1.12 bits per heavy atom. The Hall–Kier alpha value is -5.96. The molecule has 4 N–H and O–H groups in total. The van der Waals surface area contributed by atoms with Crippen molar-refractivity contribution in [3.05, 3.63) is 83.7 Å². The number of carbonyl (C=O) groups excluding carboxylic acids is 4. The molecule has 2 unspecified atom stereocenters. The van der Waals surface area contributed by atoms with E-state index < -0.39 is 24.3 Å². The molecule has 8 rings (SSSR count). The predicted octanol–water partition coefficient (Wildman–Crippen LogP) is 6.82. The van der Waals surface area contributed by atoms with Gasteiger partial charge in [-0.05, 0) is 72.4 Å². The summed E-state index contributed by atoms with van der Waals surface area (Å²) in [6, 6.07) is 11.3. The average molecular weight is 818 g/mol. The number of imidazole rings is 2. The van der Waals surface area contributed by atoms with Crippen molar-refractivity contribution in [1.82, 2.24) is 45.3 Å². The van der Waals surface area contributed by atoms with Crippen molar-refractivity contribution in [1.29, 1.82) is 0 Å². The second-order valence-corrected chi connectivity index (χ2v) is 17.0. The van der Waals surface area contributed by atoms with Gasteiger partial charge in [0.15, 0.2) is 0 Å². The van der Waals surface area contributed by atoms with E-state index in [1.54, 1.807) is 0 Å². The maximum atomic E-state index is 13.8. The quantitative estimate of drug-likeness (QED) is 0.118. The van der Waals surface area contributed by atoms with Crippen LogP contribution in [0.5, 0.6) is 0 Å². The van der Waals surface area contributed by atoms with Crippen molar-refractivity contribution in [2.24, 2.45) is 11.8 Å². The van der Waals surface area contributed by atoms with Crippen LogP contribution in [0.1, 0.15) is 100 Å². The fraction of sp³-hybridized carbons (Fsp3) is 0.467. The molecule has 2 aromatic heterocycles. The van der Waals surface area contributed by atoms with Crippen LogP contribution in [0.3, 0.4) is 0 Å². The van der Waals surface area contributed by atoms with E-state index in [2.05, 4.69) is 81.1 Å². The van der Waals surface area contributed by atoms with E-state index in [0.717, 1.165) is 65.4 Å². The van der Waals surface area contributed by atoms with Gasteiger partial charge in [-0.3, -0.25) is 14.5 Å². The van der Waals surface area contributed by atoms with E-state index in [1.807, 2.05) is 49.9 Å². The first-order valence-electron chi connectivity index (χ1n) is 21.0. The number of nitrogens with zero attached hydrogens (tertiary/aromatic N) is 5. The van der Waals surface area contributed by atoms with E-state index in [4.69, 9.17) is 19.4 Å². The number of hydrogen-bond donors (Lipinski definition) is 4. The van der Waals surface area contributed by atoms with Crippen LogP contribution >= 0.6 is 0 Å². The number of hydrogen-bond acceptors (Lipinski definition) is 9. The number of H-pyrrole nitrogens is 2. The first-order chi connectivity index (χ1) is 28.9. The third-order valence-corrected chi connectivity index (χ3v) is 12.7. The smallest absolute Gasteiger partial charge is 0.407 e. The van der Waals surface area contributed by atoms with Crippen LogP contribution in [0.2, 0.25) is 0 Å². The van der Waals surface area contributed by atoms with Crippen molar-refractivity contribution in [2.45, 2.75) is 89.6 Å². The largest absolute Gasteiger partial charge is 0.453 e. The predicted molar refractivity (Wildman–Crippen MR) is 225 cm³/mol. The lowest BCUT2D eigenvalue weighted by Gasteiger charge is -2.30. The first kappa shape index (κ1) is 40.8. The lowest BCUT2D eigenvalue weighted by Crippen LogP contribution is -2.51. The molecule has 0 radical (unpaired) electrons. The molecule has 4 aromatic rings. The van der Waals surface area contributed by atoms with E-state index >= 15 is 0 Å². The highest BCUT2D eigenvalue weighted by atomic mass is 16.5. The fourth-order valence-corrected chi connectivity index (χ4v) is 9.53. The number of carbonyl (C=O) groups is 4. The minimum Gasteiger partial charge on any atom is -0.453 e. The number of benzene rings is 2. The van der Waals surface area contributed by atoms with Gasteiger partial charge in [-0.25, -0.2) is 19.6 Å². The van der Waals surface area contributed by atoms with Crippen LogP contribution in [0.4, 0.5) is 9.59 Å². The van der Waals surface area contributed by atoms with E-state index in [9.17, 15) is 19.2 Å². The molecule has 2 fully saturated rings. The molecule has 6 heterocycles. The van der Waals surface area contributed by atoms with Gasteiger partial charge in [-0.2, -0.15) is 0 Å². The number of likely N-dealkylation sites (tertiary alicyclic amines) is 2. The Kier molecular flexibility index (Phi) is 11.3. The number of fused-ring (bicyclic) bond motifs is 5. The summed E-state index contributed by atoms with van der Waals surface area (Å²) in [6.45, 7) is 8.82. The van der Waals surface area contributed by atoms with Gasteiger partial charge < -0.3 is 39.9 Å². The Balaban J connectivity index is 1.03. The van der Waals surface area contributed by atoms with Crippen LogP contribution in [0.15, 0.2) is 60.9 Å².